The number of ether oxygens (including phenoxy) is 2. The van der Waals surface area contributed by atoms with Gasteiger partial charge in [-0.25, -0.2) is 0 Å². The highest BCUT2D eigenvalue weighted by Crippen LogP contribution is 2.50. The van der Waals surface area contributed by atoms with Crippen molar-refractivity contribution in [2.75, 3.05) is 14.2 Å². The Morgan fingerprint density at radius 1 is 0.773 bits per heavy atom. The molecule has 22 heavy (non-hydrogen) atoms. The molecule has 116 valence electrons. The van der Waals surface area contributed by atoms with Crippen LogP contribution in [0.2, 0.25) is 0 Å². The number of hydrogen-bond acceptors (Lipinski definition) is 2. The van der Waals surface area contributed by atoms with Gasteiger partial charge in [0.05, 0.1) is 14.2 Å². The third kappa shape index (κ3) is 2.27. The molecular weight excluding hydrogens is 272 g/mol. The molecule has 2 heteroatoms. The van der Waals surface area contributed by atoms with E-state index in [1.807, 2.05) is 0 Å². The first-order chi connectivity index (χ1) is 10.6. The lowest BCUT2D eigenvalue weighted by molar-refractivity contribution is 0.300. The summed E-state index contributed by atoms with van der Waals surface area (Å²) in [4.78, 5) is 0. The third-order valence-electron chi connectivity index (χ3n) is 5.10. The summed E-state index contributed by atoms with van der Waals surface area (Å²) < 4.78 is 10.8. The van der Waals surface area contributed by atoms with E-state index < -0.39 is 0 Å². The van der Waals surface area contributed by atoms with Gasteiger partial charge in [0.25, 0.3) is 0 Å². The van der Waals surface area contributed by atoms with Crippen LogP contribution in [0.3, 0.4) is 0 Å². The van der Waals surface area contributed by atoms with Gasteiger partial charge in [-0.15, -0.1) is 0 Å². The Hall–Kier alpha value is -1.96. The minimum Gasteiger partial charge on any atom is -0.496 e. The first-order valence-electron chi connectivity index (χ1n) is 7.91. The summed E-state index contributed by atoms with van der Waals surface area (Å²) in [5.74, 6) is 1.92. The van der Waals surface area contributed by atoms with Crippen LogP contribution in [-0.2, 0) is 5.41 Å². The zero-order valence-corrected chi connectivity index (χ0v) is 13.9. The maximum atomic E-state index is 5.40. The molecule has 0 radical (unpaired) electrons. The van der Waals surface area contributed by atoms with Crippen LogP contribution in [0.1, 0.15) is 41.5 Å². The van der Waals surface area contributed by atoms with Crippen LogP contribution in [0.15, 0.2) is 36.4 Å². The predicted octanol–water partition coefficient (Wildman–Crippen LogP) is 4.79. The second kappa shape index (κ2) is 5.68. The Kier molecular flexibility index (Phi) is 3.86. The highest BCUT2D eigenvalue weighted by molar-refractivity contribution is 5.49. The van der Waals surface area contributed by atoms with Crippen molar-refractivity contribution < 1.29 is 9.47 Å². The van der Waals surface area contributed by atoms with Crippen LogP contribution < -0.4 is 9.47 Å². The van der Waals surface area contributed by atoms with Gasteiger partial charge in [-0.1, -0.05) is 30.7 Å². The Morgan fingerprint density at radius 2 is 1.23 bits per heavy atom. The maximum absolute atomic E-state index is 5.40. The van der Waals surface area contributed by atoms with Crippen LogP contribution in [0, 0.1) is 13.8 Å². The SMILES string of the molecule is COc1ccc(C2(c3ccc(OC)c(C)c3)CCC2)cc1C. The van der Waals surface area contributed by atoms with E-state index in [0.717, 1.165) is 11.5 Å². The quantitative estimate of drug-likeness (QED) is 0.807. The van der Waals surface area contributed by atoms with E-state index in [-0.39, 0.29) is 5.41 Å². The lowest BCUT2D eigenvalue weighted by Gasteiger charge is -2.43. The molecule has 0 spiro atoms. The van der Waals surface area contributed by atoms with Crippen molar-refractivity contribution in [3.8, 4) is 11.5 Å². The van der Waals surface area contributed by atoms with Crippen molar-refractivity contribution in [1.82, 2.24) is 0 Å². The minimum absolute atomic E-state index is 0.161. The van der Waals surface area contributed by atoms with E-state index in [1.54, 1.807) is 14.2 Å². The van der Waals surface area contributed by atoms with Crippen molar-refractivity contribution in [3.63, 3.8) is 0 Å². The molecule has 0 aromatic heterocycles. The number of benzene rings is 2. The largest absolute Gasteiger partial charge is 0.496 e. The molecule has 1 aliphatic carbocycles. The first-order valence-corrected chi connectivity index (χ1v) is 7.91. The number of hydrogen-bond donors (Lipinski definition) is 0. The van der Waals surface area contributed by atoms with Gasteiger partial charge in [0.15, 0.2) is 0 Å². The molecule has 3 rings (SSSR count). The minimum atomic E-state index is 0.161. The fraction of sp³-hybridized carbons (Fsp3) is 0.400. The summed E-state index contributed by atoms with van der Waals surface area (Å²) in [6.07, 6.45) is 3.71. The zero-order valence-electron chi connectivity index (χ0n) is 13.9. The highest BCUT2D eigenvalue weighted by atomic mass is 16.5. The topological polar surface area (TPSA) is 18.5 Å². The fourth-order valence-corrected chi connectivity index (χ4v) is 3.63. The molecule has 2 aromatic carbocycles. The summed E-state index contributed by atoms with van der Waals surface area (Å²) >= 11 is 0. The summed E-state index contributed by atoms with van der Waals surface area (Å²) in [5.41, 5.74) is 5.38. The van der Waals surface area contributed by atoms with Gasteiger partial charge in [-0.05, 0) is 61.1 Å². The summed E-state index contributed by atoms with van der Waals surface area (Å²) in [7, 11) is 3.46. The van der Waals surface area contributed by atoms with Crippen molar-refractivity contribution in [2.45, 2.75) is 38.5 Å². The van der Waals surface area contributed by atoms with Crippen LogP contribution in [-0.4, -0.2) is 14.2 Å². The molecule has 0 bridgehead atoms. The van der Waals surface area contributed by atoms with Gasteiger partial charge in [-0.2, -0.15) is 0 Å². The van der Waals surface area contributed by atoms with Crippen LogP contribution in [0.4, 0.5) is 0 Å². The molecule has 0 saturated heterocycles. The van der Waals surface area contributed by atoms with Crippen LogP contribution in [0.5, 0.6) is 11.5 Å². The second-order valence-electron chi connectivity index (χ2n) is 6.30. The van der Waals surface area contributed by atoms with Gasteiger partial charge < -0.3 is 9.47 Å². The molecule has 0 atom stereocenters. The van der Waals surface area contributed by atoms with Gasteiger partial charge in [0.2, 0.25) is 0 Å². The van der Waals surface area contributed by atoms with Gasteiger partial charge in [0.1, 0.15) is 11.5 Å². The molecule has 0 heterocycles. The normalized spacial score (nSPS) is 16.0. The molecule has 1 fully saturated rings. The lowest BCUT2D eigenvalue weighted by Crippen LogP contribution is -2.35. The molecule has 0 aliphatic heterocycles. The molecule has 0 unspecified atom stereocenters. The van der Waals surface area contributed by atoms with E-state index in [0.29, 0.717) is 0 Å². The molecule has 0 N–H and O–H groups in total. The van der Waals surface area contributed by atoms with E-state index in [2.05, 4.69) is 50.2 Å². The standard InChI is InChI=1S/C20H24O2/c1-14-12-16(6-8-18(14)21-3)20(10-5-11-20)17-7-9-19(22-4)15(2)13-17/h6-9,12-13H,5,10-11H2,1-4H3. The van der Waals surface area contributed by atoms with Crippen molar-refractivity contribution in [2.24, 2.45) is 0 Å². The van der Waals surface area contributed by atoms with E-state index >= 15 is 0 Å². The molecule has 2 nitrogen and oxygen atoms in total. The molecule has 2 aromatic rings. The number of methoxy groups -OCH3 is 2. The van der Waals surface area contributed by atoms with Gasteiger partial charge in [0, 0.05) is 5.41 Å². The van der Waals surface area contributed by atoms with Crippen LogP contribution >= 0.6 is 0 Å². The summed E-state index contributed by atoms with van der Waals surface area (Å²) in [6, 6.07) is 13.2. The second-order valence-corrected chi connectivity index (χ2v) is 6.30. The number of aryl methyl sites for hydroxylation is 2. The Labute approximate surface area is 133 Å². The van der Waals surface area contributed by atoms with Crippen molar-refractivity contribution in [3.05, 3.63) is 58.7 Å². The van der Waals surface area contributed by atoms with Crippen LogP contribution in [0.25, 0.3) is 0 Å². The Balaban J connectivity index is 2.05. The van der Waals surface area contributed by atoms with E-state index in [4.69, 9.17) is 9.47 Å². The average molecular weight is 296 g/mol. The zero-order chi connectivity index (χ0) is 15.7. The van der Waals surface area contributed by atoms with Crippen molar-refractivity contribution >= 4 is 0 Å². The molecule has 1 aliphatic rings. The lowest BCUT2D eigenvalue weighted by atomic mass is 9.60. The number of rotatable bonds is 4. The van der Waals surface area contributed by atoms with Gasteiger partial charge in [-0.3, -0.25) is 0 Å². The molecular formula is C20H24O2. The maximum Gasteiger partial charge on any atom is 0.121 e. The predicted molar refractivity (Wildman–Crippen MR) is 90.1 cm³/mol. The fourth-order valence-electron chi connectivity index (χ4n) is 3.63. The smallest absolute Gasteiger partial charge is 0.121 e. The average Bonchev–Trinajstić information content (AvgIpc) is 2.46. The summed E-state index contributed by atoms with van der Waals surface area (Å²) in [6.45, 7) is 4.24. The highest BCUT2D eigenvalue weighted by Gasteiger charge is 2.40. The first kappa shape index (κ1) is 15.0. The van der Waals surface area contributed by atoms with E-state index in [1.165, 1.54) is 41.5 Å². The van der Waals surface area contributed by atoms with E-state index in [9.17, 15) is 0 Å². The van der Waals surface area contributed by atoms with Gasteiger partial charge >= 0.3 is 0 Å². The third-order valence-corrected chi connectivity index (χ3v) is 5.10. The molecule has 1 saturated carbocycles. The van der Waals surface area contributed by atoms with Crippen molar-refractivity contribution in [1.29, 1.82) is 0 Å². The monoisotopic (exact) mass is 296 g/mol. The Bertz CT molecular complexity index is 629. The molecule has 0 amide bonds. The Morgan fingerprint density at radius 3 is 1.50 bits per heavy atom. The summed E-state index contributed by atoms with van der Waals surface area (Å²) in [5, 5.41) is 0.